The van der Waals surface area contributed by atoms with Gasteiger partial charge in [-0.1, -0.05) is 17.4 Å². The molecule has 0 spiro atoms. The van der Waals surface area contributed by atoms with E-state index >= 15 is 0 Å². The molecule has 1 saturated carbocycles. The molecule has 41 heavy (non-hydrogen) atoms. The summed E-state index contributed by atoms with van der Waals surface area (Å²) in [5.41, 5.74) is -0.894. The highest BCUT2D eigenvalue weighted by Crippen LogP contribution is 2.58. The van der Waals surface area contributed by atoms with Crippen molar-refractivity contribution >= 4 is 23.2 Å². The third kappa shape index (κ3) is 4.18. The summed E-state index contributed by atoms with van der Waals surface area (Å²) in [7, 11) is 0. The number of nitrogens with one attached hydrogen (secondary N) is 1. The molecule has 1 fully saturated rings. The predicted octanol–water partition coefficient (Wildman–Crippen LogP) is 4.51. The number of hydrogen-bond donors (Lipinski definition) is 2. The summed E-state index contributed by atoms with van der Waals surface area (Å²) in [6.45, 7) is -2.05. The highest BCUT2D eigenvalue weighted by atomic mass is 19.4. The van der Waals surface area contributed by atoms with Crippen molar-refractivity contribution < 1.29 is 35.9 Å². The lowest BCUT2D eigenvalue weighted by Crippen LogP contribution is -2.41. The van der Waals surface area contributed by atoms with E-state index in [9.17, 15) is 31.1 Å². The van der Waals surface area contributed by atoms with Gasteiger partial charge < -0.3 is 20.3 Å². The molecule has 0 saturated heterocycles. The molecule has 6 rings (SSSR count). The number of carbonyl (C=O) groups is 1. The molecule has 1 aliphatic heterocycles. The van der Waals surface area contributed by atoms with Gasteiger partial charge in [0, 0.05) is 18.6 Å². The van der Waals surface area contributed by atoms with Crippen LogP contribution in [0.3, 0.4) is 0 Å². The number of nitrogens with two attached hydrogens (primary N) is 1. The predicted molar refractivity (Wildman–Crippen MR) is 128 cm³/mol. The van der Waals surface area contributed by atoms with Crippen LogP contribution in [-0.4, -0.2) is 48.9 Å². The van der Waals surface area contributed by atoms with E-state index < -0.39 is 41.7 Å². The number of rotatable bonds is 7. The lowest BCUT2D eigenvalue weighted by Gasteiger charge is -2.28. The monoisotopic (exact) mass is 577 g/mol. The summed E-state index contributed by atoms with van der Waals surface area (Å²) in [4.78, 5) is 30.3. The molecule has 1 amide bonds. The van der Waals surface area contributed by atoms with E-state index in [0.29, 0.717) is 18.4 Å². The number of benzene rings is 1. The van der Waals surface area contributed by atoms with Gasteiger partial charge in [0.15, 0.2) is 18.2 Å². The maximum atomic E-state index is 13.8. The topological polar surface area (TPSA) is 145 Å². The Kier molecular flexibility index (Phi) is 5.86. The first-order valence-electron chi connectivity index (χ1n) is 12.0. The van der Waals surface area contributed by atoms with Crippen LogP contribution < -0.4 is 15.9 Å². The molecule has 3 aromatic heterocycles. The quantitative estimate of drug-likeness (QED) is 0.142. The van der Waals surface area contributed by atoms with Crippen LogP contribution >= 0.6 is 0 Å². The first kappa shape index (κ1) is 26.4. The number of hydrogen-bond acceptors (Lipinski definition) is 8. The number of anilines is 1. The fourth-order valence-electron chi connectivity index (χ4n) is 4.94. The zero-order valence-corrected chi connectivity index (χ0v) is 20.5. The first-order chi connectivity index (χ1) is 19.5. The molecule has 1 aliphatic carbocycles. The number of amides is 1. The van der Waals surface area contributed by atoms with Crippen LogP contribution in [0.5, 0.6) is 5.88 Å². The standard InChI is InChI=1S/C24H17F6N9O2/c25-13-5-3-12(4-6-13)23(11-1-2-11)15-17(36-21(23)40)34-16(35-18(15)37-38-31)14-9-39-8-7-32-19(39)20(33-14)41-10-22(26,27)24(28,29)30/h3-9,11H,1-2,10H2,(H3,31,34,35,36,37,40). The Morgan fingerprint density at radius 2 is 1.85 bits per heavy atom. The second-order valence-corrected chi connectivity index (χ2v) is 9.43. The number of alkyl halides is 5. The maximum Gasteiger partial charge on any atom is 0.456 e. The normalized spacial score (nSPS) is 19.1. The molecule has 17 heteroatoms. The van der Waals surface area contributed by atoms with E-state index in [1.54, 1.807) is 0 Å². The molecule has 1 unspecified atom stereocenters. The van der Waals surface area contributed by atoms with Gasteiger partial charge in [-0.2, -0.15) is 22.0 Å². The molecule has 1 atom stereocenters. The molecular formula is C24H17F6N9O2. The van der Waals surface area contributed by atoms with Gasteiger partial charge in [-0.05, 0) is 36.5 Å². The third-order valence-electron chi connectivity index (χ3n) is 6.89. The number of aromatic nitrogens is 5. The maximum absolute atomic E-state index is 13.8. The number of carbonyl (C=O) groups excluding carboxylic acids is 1. The van der Waals surface area contributed by atoms with Crippen LogP contribution in [-0.2, 0) is 10.2 Å². The highest BCUT2D eigenvalue weighted by molar-refractivity contribution is 6.10. The SMILES string of the molecule is NN=Nc1nc(-c2cn3ccnc3c(OCC(F)(F)C(F)(F)F)n2)nc2c1C(c1ccc(F)cc1)(C1CC1)C(=O)N2. The molecular weight excluding hydrogens is 560 g/mol. The Labute approximate surface area is 225 Å². The van der Waals surface area contributed by atoms with Crippen LogP contribution in [0.25, 0.3) is 17.2 Å². The molecule has 11 nitrogen and oxygen atoms in total. The summed E-state index contributed by atoms with van der Waals surface area (Å²) < 4.78 is 85.0. The van der Waals surface area contributed by atoms with Crippen molar-refractivity contribution in [2.75, 3.05) is 11.9 Å². The Bertz CT molecular complexity index is 1700. The van der Waals surface area contributed by atoms with Crippen molar-refractivity contribution in [3.05, 3.63) is 59.8 Å². The van der Waals surface area contributed by atoms with E-state index in [1.165, 1.54) is 47.3 Å². The molecule has 1 aromatic carbocycles. The fraction of sp³-hybridized carbons (Fsp3) is 0.292. The number of nitrogens with zero attached hydrogens (tertiary/aromatic N) is 7. The number of ether oxygens (including phenoxy) is 1. The molecule has 212 valence electrons. The largest absolute Gasteiger partial charge is 0.468 e. The lowest BCUT2D eigenvalue weighted by molar-refractivity contribution is -0.290. The van der Waals surface area contributed by atoms with Crippen molar-refractivity contribution in [3.8, 4) is 17.4 Å². The van der Waals surface area contributed by atoms with Gasteiger partial charge in [0.25, 0.3) is 5.88 Å². The summed E-state index contributed by atoms with van der Waals surface area (Å²) in [5.74, 6) is -1.92. The summed E-state index contributed by atoms with van der Waals surface area (Å²) in [6.07, 6.45) is -0.552. The zero-order chi connectivity index (χ0) is 29.2. The Morgan fingerprint density at radius 1 is 1.12 bits per heavy atom. The van der Waals surface area contributed by atoms with Crippen LogP contribution in [0.15, 0.2) is 53.2 Å². The Hall–Kier alpha value is -4.83. The molecule has 4 aromatic rings. The van der Waals surface area contributed by atoms with Crippen molar-refractivity contribution in [2.24, 2.45) is 22.1 Å². The van der Waals surface area contributed by atoms with Gasteiger partial charge >= 0.3 is 12.1 Å². The average Bonchev–Trinajstić information content (AvgIpc) is 3.57. The fourth-order valence-corrected chi connectivity index (χ4v) is 4.94. The number of fused-ring (bicyclic) bond motifs is 2. The van der Waals surface area contributed by atoms with E-state index in [-0.39, 0.29) is 40.3 Å². The molecule has 4 heterocycles. The first-order valence-corrected chi connectivity index (χ1v) is 12.0. The lowest BCUT2D eigenvalue weighted by atomic mass is 9.71. The summed E-state index contributed by atoms with van der Waals surface area (Å²) in [5, 5.41) is 9.93. The van der Waals surface area contributed by atoms with Gasteiger partial charge in [-0.3, -0.25) is 4.79 Å². The smallest absolute Gasteiger partial charge is 0.456 e. The second kappa shape index (κ2) is 9.10. The van der Waals surface area contributed by atoms with E-state index in [2.05, 4.69) is 35.6 Å². The van der Waals surface area contributed by atoms with Crippen LogP contribution in [0.4, 0.5) is 38.0 Å². The molecule has 0 radical (unpaired) electrons. The second-order valence-electron chi connectivity index (χ2n) is 9.43. The minimum Gasteiger partial charge on any atom is -0.468 e. The van der Waals surface area contributed by atoms with Crippen LogP contribution in [0, 0.1) is 11.7 Å². The summed E-state index contributed by atoms with van der Waals surface area (Å²) in [6, 6.07) is 5.40. The molecule has 0 bridgehead atoms. The Morgan fingerprint density at radius 3 is 2.51 bits per heavy atom. The van der Waals surface area contributed by atoms with Gasteiger partial charge in [0.1, 0.15) is 22.7 Å². The van der Waals surface area contributed by atoms with Crippen molar-refractivity contribution in [1.29, 1.82) is 0 Å². The molecule has 3 N–H and O–H groups in total. The van der Waals surface area contributed by atoms with Gasteiger partial charge in [0.05, 0.1) is 5.56 Å². The van der Waals surface area contributed by atoms with Crippen molar-refractivity contribution in [2.45, 2.75) is 30.4 Å². The number of imidazole rings is 1. The van der Waals surface area contributed by atoms with Gasteiger partial charge in [-0.15, -0.1) is 5.11 Å². The minimum absolute atomic E-state index is 0.0252. The average molecular weight is 577 g/mol. The van der Waals surface area contributed by atoms with E-state index in [4.69, 9.17) is 10.6 Å². The minimum atomic E-state index is -5.85. The van der Waals surface area contributed by atoms with Crippen molar-refractivity contribution in [3.63, 3.8) is 0 Å². The zero-order valence-electron chi connectivity index (χ0n) is 20.5. The van der Waals surface area contributed by atoms with Gasteiger partial charge in [0.2, 0.25) is 11.6 Å². The highest BCUT2D eigenvalue weighted by Gasteiger charge is 2.60. The Balaban J connectivity index is 1.48. The van der Waals surface area contributed by atoms with E-state index in [0.717, 1.165) is 0 Å². The van der Waals surface area contributed by atoms with Crippen LogP contribution in [0.2, 0.25) is 0 Å². The third-order valence-corrected chi connectivity index (χ3v) is 6.89. The van der Waals surface area contributed by atoms with Crippen molar-refractivity contribution in [1.82, 2.24) is 24.3 Å². The van der Waals surface area contributed by atoms with E-state index in [1.807, 2.05) is 0 Å². The summed E-state index contributed by atoms with van der Waals surface area (Å²) >= 11 is 0. The van der Waals surface area contributed by atoms with Gasteiger partial charge in [-0.25, -0.2) is 24.3 Å². The number of halogens is 6. The van der Waals surface area contributed by atoms with Crippen LogP contribution in [0.1, 0.15) is 24.0 Å². The molecule has 2 aliphatic rings.